The summed E-state index contributed by atoms with van der Waals surface area (Å²) in [7, 11) is 0. The Kier molecular flexibility index (Phi) is 4.77. The molecule has 2 aromatic rings. The molecule has 0 heterocycles. The molecule has 2 rings (SSSR count). The predicted octanol–water partition coefficient (Wildman–Crippen LogP) is 3.98. The van der Waals surface area contributed by atoms with Crippen LogP contribution in [0.25, 0.3) is 6.08 Å². The number of aryl methyl sites for hydroxylation is 2. The third kappa shape index (κ3) is 4.21. The average Bonchev–Trinajstić information content (AvgIpc) is 2.47. The highest BCUT2D eigenvalue weighted by atomic mass is 16.5. The van der Waals surface area contributed by atoms with Gasteiger partial charge in [-0.15, -0.1) is 0 Å². The second-order valence-corrected chi connectivity index (χ2v) is 4.93. The molecule has 0 aliphatic carbocycles. The van der Waals surface area contributed by atoms with Gasteiger partial charge < -0.3 is 9.84 Å². The van der Waals surface area contributed by atoms with Crippen molar-refractivity contribution in [3.8, 4) is 5.75 Å². The summed E-state index contributed by atoms with van der Waals surface area (Å²) in [5.41, 5.74) is 4.04. The van der Waals surface area contributed by atoms with Crippen LogP contribution in [-0.2, 0) is 11.4 Å². The fraction of sp³-hybridized carbons (Fsp3) is 0.167. The van der Waals surface area contributed by atoms with Crippen molar-refractivity contribution in [3.63, 3.8) is 0 Å². The molecule has 3 heteroatoms. The summed E-state index contributed by atoms with van der Waals surface area (Å²) >= 11 is 0. The number of ether oxygens (including phenoxy) is 1. The Morgan fingerprint density at radius 3 is 2.71 bits per heavy atom. The van der Waals surface area contributed by atoms with Gasteiger partial charge in [-0.05, 0) is 48.2 Å². The summed E-state index contributed by atoms with van der Waals surface area (Å²) in [6, 6.07) is 13.7. The molecule has 0 aliphatic rings. The number of benzene rings is 2. The van der Waals surface area contributed by atoms with Gasteiger partial charge in [-0.3, -0.25) is 0 Å². The van der Waals surface area contributed by atoms with Crippen LogP contribution in [0.3, 0.4) is 0 Å². The monoisotopic (exact) mass is 282 g/mol. The molecule has 0 radical (unpaired) electrons. The summed E-state index contributed by atoms with van der Waals surface area (Å²) in [6.07, 6.45) is 2.72. The molecule has 21 heavy (non-hydrogen) atoms. The fourth-order valence-electron chi connectivity index (χ4n) is 2.01. The molecule has 2 aromatic carbocycles. The van der Waals surface area contributed by atoms with E-state index in [1.165, 1.54) is 0 Å². The summed E-state index contributed by atoms with van der Waals surface area (Å²) < 4.78 is 5.87. The van der Waals surface area contributed by atoms with Gasteiger partial charge >= 0.3 is 5.97 Å². The summed E-state index contributed by atoms with van der Waals surface area (Å²) in [5, 5.41) is 8.72. The van der Waals surface area contributed by atoms with E-state index in [0.29, 0.717) is 6.61 Å². The van der Waals surface area contributed by atoms with Crippen LogP contribution in [0.2, 0.25) is 0 Å². The van der Waals surface area contributed by atoms with Gasteiger partial charge in [-0.1, -0.05) is 36.4 Å². The molecule has 0 bridgehead atoms. The lowest BCUT2D eigenvalue weighted by Crippen LogP contribution is -1.99. The largest absolute Gasteiger partial charge is 0.489 e. The summed E-state index contributed by atoms with van der Waals surface area (Å²) in [5.74, 6) is -0.104. The van der Waals surface area contributed by atoms with E-state index < -0.39 is 5.97 Å². The summed E-state index contributed by atoms with van der Waals surface area (Å²) in [6.45, 7) is 4.44. The van der Waals surface area contributed by atoms with Crippen LogP contribution in [-0.4, -0.2) is 11.1 Å². The Labute approximate surface area is 124 Å². The molecule has 3 nitrogen and oxygen atoms in total. The lowest BCUT2D eigenvalue weighted by atomic mass is 10.1. The Morgan fingerprint density at radius 1 is 1.19 bits per heavy atom. The van der Waals surface area contributed by atoms with Crippen molar-refractivity contribution >= 4 is 12.0 Å². The van der Waals surface area contributed by atoms with E-state index >= 15 is 0 Å². The van der Waals surface area contributed by atoms with E-state index in [2.05, 4.69) is 0 Å². The van der Waals surface area contributed by atoms with Crippen molar-refractivity contribution in [2.24, 2.45) is 0 Å². The minimum absolute atomic E-state index is 0.407. The van der Waals surface area contributed by atoms with Gasteiger partial charge in [0.25, 0.3) is 0 Å². The highest BCUT2D eigenvalue weighted by molar-refractivity contribution is 5.85. The molecule has 0 spiro atoms. The van der Waals surface area contributed by atoms with Crippen molar-refractivity contribution in [2.75, 3.05) is 0 Å². The molecular weight excluding hydrogens is 264 g/mol. The molecular formula is C18H18O3. The maximum atomic E-state index is 10.6. The Hall–Kier alpha value is -2.55. The predicted molar refractivity (Wildman–Crippen MR) is 83.4 cm³/mol. The van der Waals surface area contributed by atoms with Gasteiger partial charge in [0, 0.05) is 6.08 Å². The number of carboxylic acid groups (broad SMARTS) is 1. The fourth-order valence-corrected chi connectivity index (χ4v) is 2.01. The van der Waals surface area contributed by atoms with Crippen molar-refractivity contribution in [3.05, 3.63) is 70.8 Å². The lowest BCUT2D eigenvalue weighted by Gasteiger charge is -2.11. The number of carboxylic acids is 1. The van der Waals surface area contributed by atoms with Gasteiger partial charge in [0.2, 0.25) is 0 Å². The Morgan fingerprint density at radius 2 is 1.95 bits per heavy atom. The van der Waals surface area contributed by atoms with Crippen LogP contribution in [0.1, 0.15) is 22.3 Å². The van der Waals surface area contributed by atoms with Crippen molar-refractivity contribution < 1.29 is 14.6 Å². The Bertz CT molecular complexity index is 672. The van der Waals surface area contributed by atoms with E-state index in [-0.39, 0.29) is 0 Å². The molecule has 108 valence electrons. The maximum Gasteiger partial charge on any atom is 0.328 e. The van der Waals surface area contributed by atoms with Crippen LogP contribution >= 0.6 is 0 Å². The zero-order valence-electron chi connectivity index (χ0n) is 12.2. The molecule has 0 aliphatic heterocycles. The minimum Gasteiger partial charge on any atom is -0.489 e. The summed E-state index contributed by atoms with van der Waals surface area (Å²) in [4.78, 5) is 10.6. The van der Waals surface area contributed by atoms with E-state index in [9.17, 15) is 4.79 Å². The van der Waals surface area contributed by atoms with Crippen molar-refractivity contribution in [2.45, 2.75) is 20.5 Å². The normalized spacial score (nSPS) is 10.8. The van der Waals surface area contributed by atoms with E-state index in [1.54, 1.807) is 6.08 Å². The van der Waals surface area contributed by atoms with E-state index in [4.69, 9.17) is 9.84 Å². The minimum atomic E-state index is -0.958. The van der Waals surface area contributed by atoms with Crippen LogP contribution in [0.4, 0.5) is 0 Å². The van der Waals surface area contributed by atoms with Crippen LogP contribution < -0.4 is 4.74 Å². The van der Waals surface area contributed by atoms with Crippen molar-refractivity contribution in [1.29, 1.82) is 0 Å². The number of hydrogen-bond donors (Lipinski definition) is 1. The van der Waals surface area contributed by atoms with Crippen LogP contribution in [0.5, 0.6) is 5.75 Å². The molecule has 0 saturated heterocycles. The molecule has 0 unspecified atom stereocenters. The lowest BCUT2D eigenvalue weighted by molar-refractivity contribution is -0.131. The van der Waals surface area contributed by atoms with Gasteiger partial charge in [0.15, 0.2) is 0 Å². The standard InChI is InChI=1S/C18H18O3/c1-13-7-8-14(2)17(11-13)21-12-16-6-4-3-5-15(16)9-10-18(19)20/h3-11H,12H2,1-2H3,(H,19,20). The first kappa shape index (κ1) is 14.9. The SMILES string of the molecule is Cc1ccc(C)c(OCc2ccccc2C=CC(=O)O)c1. The van der Waals surface area contributed by atoms with Crippen LogP contribution in [0, 0.1) is 13.8 Å². The molecule has 0 atom stereocenters. The van der Waals surface area contributed by atoms with Crippen molar-refractivity contribution in [1.82, 2.24) is 0 Å². The first-order valence-electron chi connectivity index (χ1n) is 6.75. The Balaban J connectivity index is 2.16. The van der Waals surface area contributed by atoms with Gasteiger partial charge in [-0.25, -0.2) is 4.79 Å². The quantitative estimate of drug-likeness (QED) is 0.844. The third-order valence-corrected chi connectivity index (χ3v) is 3.19. The van der Waals surface area contributed by atoms with Gasteiger partial charge in [-0.2, -0.15) is 0 Å². The number of carbonyl (C=O) groups is 1. The molecule has 0 fully saturated rings. The van der Waals surface area contributed by atoms with E-state index in [1.807, 2.05) is 56.3 Å². The third-order valence-electron chi connectivity index (χ3n) is 3.19. The zero-order valence-corrected chi connectivity index (χ0v) is 12.2. The second kappa shape index (κ2) is 6.75. The first-order valence-corrected chi connectivity index (χ1v) is 6.75. The second-order valence-electron chi connectivity index (χ2n) is 4.93. The molecule has 0 amide bonds. The smallest absolute Gasteiger partial charge is 0.328 e. The average molecular weight is 282 g/mol. The molecule has 0 saturated carbocycles. The number of rotatable bonds is 5. The maximum absolute atomic E-state index is 10.6. The van der Waals surface area contributed by atoms with Crippen LogP contribution in [0.15, 0.2) is 48.5 Å². The topological polar surface area (TPSA) is 46.5 Å². The number of aliphatic carboxylic acids is 1. The highest BCUT2D eigenvalue weighted by Gasteiger charge is 2.03. The number of hydrogen-bond acceptors (Lipinski definition) is 2. The first-order chi connectivity index (χ1) is 10.1. The molecule has 1 N–H and O–H groups in total. The van der Waals surface area contributed by atoms with Gasteiger partial charge in [0.1, 0.15) is 12.4 Å². The molecule has 0 aromatic heterocycles. The van der Waals surface area contributed by atoms with Gasteiger partial charge in [0.05, 0.1) is 0 Å². The highest BCUT2D eigenvalue weighted by Crippen LogP contribution is 2.21. The van der Waals surface area contributed by atoms with E-state index in [0.717, 1.165) is 34.1 Å². The zero-order chi connectivity index (χ0) is 15.2.